The Morgan fingerprint density at radius 3 is 2.93 bits per heavy atom. The third-order valence-corrected chi connectivity index (χ3v) is 3.23. The van der Waals surface area contributed by atoms with E-state index in [1.807, 2.05) is 11.8 Å². The minimum Gasteiger partial charge on any atom is -0.339 e. The van der Waals surface area contributed by atoms with Crippen LogP contribution in [-0.4, -0.2) is 33.4 Å². The molecular formula is C9H18N2O2S. The summed E-state index contributed by atoms with van der Waals surface area (Å²) in [6, 6.07) is 0.111. The molecule has 1 aliphatic rings. The molecule has 0 aliphatic carbocycles. The lowest BCUT2D eigenvalue weighted by Crippen LogP contribution is -2.39. The Morgan fingerprint density at radius 1 is 1.64 bits per heavy atom. The van der Waals surface area contributed by atoms with Crippen molar-refractivity contribution in [3.8, 4) is 0 Å². The topological polar surface area (TPSA) is 63.4 Å². The monoisotopic (exact) mass is 218 g/mol. The van der Waals surface area contributed by atoms with Crippen molar-refractivity contribution >= 4 is 16.9 Å². The van der Waals surface area contributed by atoms with Crippen LogP contribution in [0, 0.1) is 0 Å². The van der Waals surface area contributed by atoms with Crippen LogP contribution < -0.4 is 5.14 Å². The van der Waals surface area contributed by atoms with E-state index in [0.29, 0.717) is 12.2 Å². The maximum atomic E-state index is 11.6. The fraction of sp³-hybridized carbons (Fsp3) is 0.889. The second-order valence-electron chi connectivity index (χ2n) is 3.68. The zero-order valence-corrected chi connectivity index (χ0v) is 9.39. The van der Waals surface area contributed by atoms with E-state index in [4.69, 9.17) is 5.14 Å². The molecule has 1 rings (SSSR count). The Labute approximate surface area is 87.4 Å². The van der Waals surface area contributed by atoms with E-state index in [0.717, 1.165) is 25.8 Å². The van der Waals surface area contributed by atoms with Gasteiger partial charge in [-0.15, -0.1) is 0 Å². The van der Waals surface area contributed by atoms with Crippen LogP contribution in [-0.2, 0) is 15.8 Å². The summed E-state index contributed by atoms with van der Waals surface area (Å²) in [6.07, 6.45) is 3.41. The van der Waals surface area contributed by atoms with Gasteiger partial charge in [0.1, 0.15) is 0 Å². The molecule has 0 aromatic rings. The normalized spacial score (nSPS) is 23.9. The van der Waals surface area contributed by atoms with Crippen LogP contribution in [0.1, 0.15) is 32.6 Å². The van der Waals surface area contributed by atoms with Crippen molar-refractivity contribution in [2.24, 2.45) is 5.14 Å². The molecule has 1 heterocycles. The molecule has 0 bridgehead atoms. The van der Waals surface area contributed by atoms with E-state index in [9.17, 15) is 9.00 Å². The van der Waals surface area contributed by atoms with Gasteiger partial charge >= 0.3 is 0 Å². The summed E-state index contributed by atoms with van der Waals surface area (Å²) >= 11 is 0. The highest BCUT2D eigenvalue weighted by atomic mass is 32.2. The minimum absolute atomic E-state index is 0.111. The second kappa shape index (κ2) is 5.46. The average Bonchev–Trinajstić information content (AvgIpc) is 2.51. The van der Waals surface area contributed by atoms with Crippen LogP contribution in [0.4, 0.5) is 0 Å². The summed E-state index contributed by atoms with van der Waals surface area (Å²) in [4.78, 5) is 13.5. The van der Waals surface area contributed by atoms with Crippen molar-refractivity contribution in [1.82, 2.24) is 4.90 Å². The van der Waals surface area contributed by atoms with E-state index in [-0.39, 0.29) is 11.9 Å². The van der Waals surface area contributed by atoms with Gasteiger partial charge in [-0.25, -0.2) is 4.21 Å². The molecule has 1 fully saturated rings. The first kappa shape index (κ1) is 11.7. The molecule has 2 N–H and O–H groups in total. The number of nitrogens with two attached hydrogens (primary N) is 1. The van der Waals surface area contributed by atoms with Gasteiger partial charge in [0.2, 0.25) is 5.91 Å². The SMILES string of the molecule is CCCC(=O)N1CCCC1CS(N)=O. The molecule has 5 heteroatoms. The number of likely N-dealkylation sites (tertiary alicyclic amines) is 1. The molecule has 1 saturated heterocycles. The van der Waals surface area contributed by atoms with Crippen LogP contribution >= 0.6 is 0 Å². The van der Waals surface area contributed by atoms with Crippen LogP contribution in [0.25, 0.3) is 0 Å². The van der Waals surface area contributed by atoms with E-state index < -0.39 is 11.0 Å². The number of amides is 1. The Balaban J connectivity index is 2.50. The third kappa shape index (κ3) is 3.06. The van der Waals surface area contributed by atoms with Gasteiger partial charge in [0.05, 0.1) is 16.7 Å². The largest absolute Gasteiger partial charge is 0.339 e. The summed E-state index contributed by atoms with van der Waals surface area (Å²) in [5.41, 5.74) is 0. The Bertz CT molecular complexity index is 233. The Hall–Kier alpha value is -0.420. The first-order valence-electron chi connectivity index (χ1n) is 5.07. The maximum Gasteiger partial charge on any atom is 0.222 e. The molecule has 0 saturated carbocycles. The van der Waals surface area contributed by atoms with Crippen LogP contribution in [0.15, 0.2) is 0 Å². The van der Waals surface area contributed by atoms with E-state index >= 15 is 0 Å². The number of nitrogens with zero attached hydrogens (tertiary/aromatic N) is 1. The number of carbonyl (C=O) groups excluding carboxylic acids is 1. The molecule has 1 amide bonds. The second-order valence-corrected chi connectivity index (χ2v) is 4.78. The smallest absolute Gasteiger partial charge is 0.222 e. The predicted molar refractivity (Wildman–Crippen MR) is 56.8 cm³/mol. The van der Waals surface area contributed by atoms with Crippen LogP contribution in [0.3, 0.4) is 0 Å². The van der Waals surface area contributed by atoms with Gasteiger partial charge in [-0.3, -0.25) is 9.93 Å². The molecule has 1 aliphatic heterocycles. The summed E-state index contributed by atoms with van der Waals surface area (Å²) in [5, 5.41) is 5.24. The molecule has 4 nitrogen and oxygen atoms in total. The van der Waals surface area contributed by atoms with Gasteiger partial charge in [-0.05, 0) is 19.3 Å². The average molecular weight is 218 g/mol. The van der Waals surface area contributed by atoms with E-state index in [1.54, 1.807) is 0 Å². The summed E-state index contributed by atoms with van der Waals surface area (Å²) in [5.74, 6) is 0.607. The number of hydrogen-bond donors (Lipinski definition) is 1. The maximum absolute atomic E-state index is 11.6. The summed E-state index contributed by atoms with van der Waals surface area (Å²) in [7, 11) is -1.29. The molecule has 2 unspecified atom stereocenters. The highest BCUT2D eigenvalue weighted by Crippen LogP contribution is 2.18. The van der Waals surface area contributed by atoms with Gasteiger partial charge < -0.3 is 4.90 Å². The zero-order valence-electron chi connectivity index (χ0n) is 8.57. The summed E-state index contributed by atoms with van der Waals surface area (Å²) in [6.45, 7) is 2.80. The highest BCUT2D eigenvalue weighted by Gasteiger charge is 2.28. The van der Waals surface area contributed by atoms with Crippen LogP contribution in [0.2, 0.25) is 0 Å². The molecule has 0 aromatic heterocycles. The lowest BCUT2D eigenvalue weighted by molar-refractivity contribution is -0.131. The third-order valence-electron chi connectivity index (χ3n) is 2.52. The number of hydrogen-bond acceptors (Lipinski definition) is 2. The summed E-state index contributed by atoms with van der Waals surface area (Å²) < 4.78 is 10.9. The van der Waals surface area contributed by atoms with Crippen molar-refractivity contribution < 1.29 is 9.00 Å². The van der Waals surface area contributed by atoms with Gasteiger partial charge in [0, 0.05) is 19.0 Å². The molecular weight excluding hydrogens is 200 g/mol. The van der Waals surface area contributed by atoms with Gasteiger partial charge in [0.25, 0.3) is 0 Å². The molecule has 0 aromatic carbocycles. The van der Waals surface area contributed by atoms with E-state index in [1.165, 1.54) is 0 Å². The fourth-order valence-electron chi connectivity index (χ4n) is 1.88. The number of carbonyl (C=O) groups is 1. The molecule has 0 spiro atoms. The Morgan fingerprint density at radius 2 is 2.36 bits per heavy atom. The molecule has 82 valence electrons. The highest BCUT2D eigenvalue weighted by molar-refractivity contribution is 7.82. The minimum atomic E-state index is -1.29. The van der Waals surface area contributed by atoms with Gasteiger partial charge in [-0.1, -0.05) is 6.92 Å². The van der Waals surface area contributed by atoms with Crippen LogP contribution in [0.5, 0.6) is 0 Å². The lowest BCUT2D eigenvalue weighted by Gasteiger charge is -2.23. The molecule has 2 atom stereocenters. The van der Waals surface area contributed by atoms with Crippen molar-refractivity contribution in [2.75, 3.05) is 12.3 Å². The van der Waals surface area contributed by atoms with E-state index in [2.05, 4.69) is 0 Å². The standard InChI is InChI=1S/C9H18N2O2S/c1-2-4-9(12)11-6-3-5-8(11)7-14(10)13/h8H,2-7,10H2,1H3. The zero-order chi connectivity index (χ0) is 10.6. The molecule has 14 heavy (non-hydrogen) atoms. The lowest BCUT2D eigenvalue weighted by atomic mass is 10.2. The fourth-order valence-corrected chi connectivity index (χ4v) is 2.61. The quantitative estimate of drug-likeness (QED) is 0.742. The van der Waals surface area contributed by atoms with Crippen molar-refractivity contribution in [3.63, 3.8) is 0 Å². The Kier molecular flexibility index (Phi) is 4.54. The number of rotatable bonds is 4. The van der Waals surface area contributed by atoms with Gasteiger partial charge in [-0.2, -0.15) is 0 Å². The van der Waals surface area contributed by atoms with Crippen molar-refractivity contribution in [3.05, 3.63) is 0 Å². The van der Waals surface area contributed by atoms with Crippen molar-refractivity contribution in [2.45, 2.75) is 38.6 Å². The van der Waals surface area contributed by atoms with Crippen molar-refractivity contribution in [1.29, 1.82) is 0 Å². The predicted octanol–water partition coefficient (Wildman–Crippen LogP) is 0.400. The first-order chi connectivity index (χ1) is 6.65. The van der Waals surface area contributed by atoms with Gasteiger partial charge in [0.15, 0.2) is 0 Å². The first-order valence-corrected chi connectivity index (χ1v) is 6.45. The molecule has 0 radical (unpaired) electrons.